The predicted octanol–water partition coefficient (Wildman–Crippen LogP) is 3.45. The van der Waals surface area contributed by atoms with Gasteiger partial charge in [0.05, 0.1) is 11.4 Å². The molecule has 0 saturated heterocycles. The van der Waals surface area contributed by atoms with Crippen LogP contribution in [0.3, 0.4) is 0 Å². The van der Waals surface area contributed by atoms with Crippen molar-refractivity contribution >= 4 is 33.3 Å². The molecule has 2 rings (SSSR count). The number of hydrogen-bond acceptors (Lipinski definition) is 4. The number of hydrogen-bond donors (Lipinski definition) is 0. The van der Waals surface area contributed by atoms with Crippen LogP contribution >= 0.6 is 11.3 Å². The first-order valence-corrected chi connectivity index (χ1v) is 10.8. The molecule has 2 aromatic rings. The topological polar surface area (TPSA) is 57.7 Å². The van der Waals surface area contributed by atoms with E-state index in [4.69, 9.17) is 0 Å². The minimum Gasteiger partial charge on any atom is -0.337 e. The molecule has 0 bridgehead atoms. The summed E-state index contributed by atoms with van der Waals surface area (Å²) in [6, 6.07) is 10.5. The van der Waals surface area contributed by atoms with E-state index in [-0.39, 0.29) is 10.8 Å². The first kappa shape index (κ1) is 20.4. The smallest absolute Gasteiger partial charge is 0.246 e. The van der Waals surface area contributed by atoms with Crippen LogP contribution in [0.4, 0.5) is 0 Å². The van der Waals surface area contributed by atoms with Crippen molar-refractivity contribution < 1.29 is 13.2 Å². The van der Waals surface area contributed by atoms with Crippen LogP contribution in [0.2, 0.25) is 0 Å². The molecule has 26 heavy (non-hydrogen) atoms. The summed E-state index contributed by atoms with van der Waals surface area (Å²) >= 11 is 1.61. The van der Waals surface area contributed by atoms with Gasteiger partial charge in [-0.25, -0.2) is 8.42 Å². The summed E-state index contributed by atoms with van der Waals surface area (Å²) < 4.78 is 26.3. The Bertz CT molecular complexity index is 837. The molecule has 0 aliphatic carbocycles. The second-order valence-electron chi connectivity index (χ2n) is 5.77. The third-order valence-corrected chi connectivity index (χ3v) is 6.92. The average Bonchev–Trinajstić information content (AvgIpc) is 3.13. The van der Waals surface area contributed by atoms with Crippen LogP contribution in [-0.2, 0) is 21.4 Å². The van der Waals surface area contributed by atoms with Crippen LogP contribution < -0.4 is 0 Å². The first-order valence-electron chi connectivity index (χ1n) is 8.44. The van der Waals surface area contributed by atoms with Gasteiger partial charge in [0.25, 0.3) is 0 Å². The van der Waals surface area contributed by atoms with Crippen LogP contribution in [0.25, 0.3) is 6.08 Å². The van der Waals surface area contributed by atoms with E-state index in [2.05, 4.69) is 0 Å². The van der Waals surface area contributed by atoms with Crippen molar-refractivity contribution in [1.82, 2.24) is 9.21 Å². The normalized spacial score (nSPS) is 12.0. The molecule has 0 saturated carbocycles. The van der Waals surface area contributed by atoms with E-state index >= 15 is 0 Å². The molecule has 0 spiro atoms. The molecule has 0 aliphatic rings. The summed E-state index contributed by atoms with van der Waals surface area (Å²) in [5.41, 5.74) is 0.779. The maximum Gasteiger partial charge on any atom is 0.246 e. The van der Waals surface area contributed by atoms with Gasteiger partial charge in [0.15, 0.2) is 0 Å². The summed E-state index contributed by atoms with van der Waals surface area (Å²) in [7, 11) is -1.70. The lowest BCUT2D eigenvalue weighted by molar-refractivity contribution is -0.125. The van der Waals surface area contributed by atoms with Gasteiger partial charge < -0.3 is 4.90 Å². The summed E-state index contributed by atoms with van der Waals surface area (Å²) in [5.74, 6) is -0.0989. The van der Waals surface area contributed by atoms with Gasteiger partial charge in [0.1, 0.15) is 0 Å². The van der Waals surface area contributed by atoms with Gasteiger partial charge in [-0.1, -0.05) is 32.0 Å². The van der Waals surface area contributed by atoms with Crippen molar-refractivity contribution in [3.05, 3.63) is 58.3 Å². The van der Waals surface area contributed by atoms with Crippen LogP contribution in [0.5, 0.6) is 0 Å². The lowest BCUT2D eigenvalue weighted by Crippen LogP contribution is -2.30. The Morgan fingerprint density at radius 1 is 1.12 bits per heavy atom. The van der Waals surface area contributed by atoms with Crippen molar-refractivity contribution in [1.29, 1.82) is 0 Å². The quantitative estimate of drug-likeness (QED) is 0.647. The number of amides is 1. The highest BCUT2D eigenvalue weighted by atomic mass is 32.2. The summed E-state index contributed by atoms with van der Waals surface area (Å²) in [6.45, 7) is 5.08. The molecule has 0 unspecified atom stereocenters. The lowest BCUT2D eigenvalue weighted by Gasteiger charge is -2.18. The van der Waals surface area contributed by atoms with Gasteiger partial charge in [-0.15, -0.1) is 11.3 Å². The Morgan fingerprint density at radius 2 is 1.77 bits per heavy atom. The zero-order valence-corrected chi connectivity index (χ0v) is 16.9. The molecule has 1 heterocycles. The van der Waals surface area contributed by atoms with Gasteiger partial charge >= 0.3 is 0 Å². The Labute approximate surface area is 159 Å². The number of sulfonamides is 1. The van der Waals surface area contributed by atoms with Gasteiger partial charge in [-0.05, 0) is 35.2 Å². The fourth-order valence-electron chi connectivity index (χ4n) is 2.47. The lowest BCUT2D eigenvalue weighted by atomic mass is 10.2. The number of nitrogens with zero attached hydrogens (tertiary/aromatic N) is 2. The van der Waals surface area contributed by atoms with Crippen molar-refractivity contribution in [2.75, 3.05) is 20.1 Å². The molecule has 0 aliphatic heterocycles. The Balaban J connectivity index is 2.04. The monoisotopic (exact) mass is 392 g/mol. The Hall–Kier alpha value is -1.96. The average molecular weight is 393 g/mol. The zero-order chi connectivity index (χ0) is 19.2. The number of carbonyl (C=O) groups is 1. The fourth-order valence-corrected chi connectivity index (χ4v) is 4.69. The number of benzene rings is 1. The van der Waals surface area contributed by atoms with Crippen molar-refractivity contribution in [2.24, 2.45) is 0 Å². The number of thiophene rings is 1. The maximum absolute atomic E-state index is 12.5. The summed E-state index contributed by atoms with van der Waals surface area (Å²) in [4.78, 5) is 15.2. The van der Waals surface area contributed by atoms with Crippen LogP contribution in [0.15, 0.2) is 52.7 Å². The van der Waals surface area contributed by atoms with Gasteiger partial charge in [-0.3, -0.25) is 4.79 Å². The highest BCUT2D eigenvalue weighted by Gasteiger charge is 2.20. The van der Waals surface area contributed by atoms with E-state index < -0.39 is 10.0 Å². The molecular weight excluding hydrogens is 368 g/mol. The van der Waals surface area contributed by atoms with E-state index in [1.54, 1.807) is 53.6 Å². The molecule has 0 atom stereocenters. The number of likely N-dealkylation sites (N-methyl/N-ethyl adjacent to an activating group) is 1. The maximum atomic E-state index is 12.5. The molecule has 0 radical (unpaired) electrons. The zero-order valence-electron chi connectivity index (χ0n) is 15.3. The Kier molecular flexibility index (Phi) is 7.14. The molecule has 1 amide bonds. The molecule has 1 aromatic heterocycles. The SMILES string of the molecule is CCN(CC)S(=O)(=O)c1ccc(C=CC(=O)N(C)Cc2cccs2)cc1. The molecular formula is C19H24N2O3S2. The third kappa shape index (κ3) is 5.03. The molecule has 1 aromatic carbocycles. The molecule has 0 N–H and O–H groups in total. The predicted molar refractivity (Wildman–Crippen MR) is 106 cm³/mol. The number of rotatable bonds is 8. The van der Waals surface area contributed by atoms with Gasteiger partial charge in [0.2, 0.25) is 15.9 Å². The van der Waals surface area contributed by atoms with Gasteiger partial charge in [-0.2, -0.15) is 4.31 Å². The van der Waals surface area contributed by atoms with Crippen molar-refractivity contribution in [3.63, 3.8) is 0 Å². The van der Waals surface area contributed by atoms with E-state index in [0.717, 1.165) is 10.4 Å². The van der Waals surface area contributed by atoms with E-state index in [9.17, 15) is 13.2 Å². The van der Waals surface area contributed by atoms with E-state index in [0.29, 0.717) is 19.6 Å². The summed E-state index contributed by atoms with van der Waals surface area (Å²) in [5, 5.41) is 1.98. The highest BCUT2D eigenvalue weighted by molar-refractivity contribution is 7.89. The van der Waals surface area contributed by atoms with Crippen LogP contribution in [0.1, 0.15) is 24.3 Å². The largest absolute Gasteiger partial charge is 0.337 e. The van der Waals surface area contributed by atoms with E-state index in [1.165, 1.54) is 10.4 Å². The minimum absolute atomic E-state index is 0.0989. The molecule has 7 heteroatoms. The van der Waals surface area contributed by atoms with E-state index in [1.807, 2.05) is 31.4 Å². The summed E-state index contributed by atoms with van der Waals surface area (Å²) in [6.07, 6.45) is 3.20. The third-order valence-electron chi connectivity index (χ3n) is 3.99. The van der Waals surface area contributed by atoms with Crippen LogP contribution in [-0.4, -0.2) is 43.7 Å². The number of carbonyl (C=O) groups excluding carboxylic acids is 1. The van der Waals surface area contributed by atoms with Crippen molar-refractivity contribution in [3.8, 4) is 0 Å². The standard InChI is InChI=1S/C19H24N2O3S2/c1-4-21(5-2)26(23,24)18-11-8-16(9-12-18)10-13-19(22)20(3)15-17-7-6-14-25-17/h6-14H,4-5,15H2,1-3H3. The van der Waals surface area contributed by atoms with Crippen LogP contribution in [0, 0.1) is 0 Å². The minimum atomic E-state index is -3.46. The fraction of sp³-hybridized carbons (Fsp3) is 0.316. The molecule has 0 fully saturated rings. The van der Waals surface area contributed by atoms with Crippen molar-refractivity contribution in [2.45, 2.75) is 25.3 Å². The first-order chi connectivity index (χ1) is 12.4. The second kappa shape index (κ2) is 9.12. The highest BCUT2D eigenvalue weighted by Crippen LogP contribution is 2.17. The molecule has 140 valence electrons. The molecule has 5 nitrogen and oxygen atoms in total. The van der Waals surface area contributed by atoms with Gasteiger partial charge in [0, 0.05) is 31.1 Å². The second-order valence-corrected chi connectivity index (χ2v) is 8.74. The Morgan fingerprint density at radius 3 is 2.31 bits per heavy atom.